The van der Waals surface area contributed by atoms with Gasteiger partial charge >= 0.3 is 0 Å². The quantitative estimate of drug-likeness (QED) is 0.883. The predicted molar refractivity (Wildman–Crippen MR) is 76.2 cm³/mol. The molecule has 2 atom stereocenters. The summed E-state index contributed by atoms with van der Waals surface area (Å²) in [6.45, 7) is 1.01. The second-order valence-corrected chi connectivity index (χ2v) is 5.43. The first kappa shape index (κ1) is 13.9. The number of ether oxygens (including phenoxy) is 1. The molecule has 0 unspecified atom stereocenters. The van der Waals surface area contributed by atoms with Gasteiger partial charge in [-0.05, 0) is 43.5 Å². The van der Waals surface area contributed by atoms with Crippen LogP contribution in [0.25, 0.3) is 0 Å². The zero-order valence-corrected chi connectivity index (χ0v) is 11.7. The van der Waals surface area contributed by atoms with Crippen molar-refractivity contribution < 1.29 is 4.74 Å². The van der Waals surface area contributed by atoms with Crippen LogP contribution in [0.5, 0.6) is 0 Å². The molecular formula is C15H22ClNO. The van der Waals surface area contributed by atoms with E-state index in [1.807, 2.05) is 19.2 Å². The van der Waals surface area contributed by atoms with Crippen LogP contribution in [0.1, 0.15) is 31.2 Å². The molecule has 1 fully saturated rings. The fourth-order valence-corrected chi connectivity index (χ4v) is 2.79. The van der Waals surface area contributed by atoms with Crippen molar-refractivity contribution in [1.29, 1.82) is 0 Å². The molecule has 0 saturated heterocycles. The molecule has 2 rings (SSSR count). The molecule has 1 saturated carbocycles. The van der Waals surface area contributed by atoms with Gasteiger partial charge in [-0.15, -0.1) is 0 Å². The maximum Gasteiger partial charge on any atom is 0.0724 e. The van der Waals surface area contributed by atoms with Crippen molar-refractivity contribution in [1.82, 2.24) is 5.32 Å². The van der Waals surface area contributed by atoms with E-state index in [0.29, 0.717) is 12.1 Å². The van der Waals surface area contributed by atoms with E-state index < -0.39 is 0 Å². The zero-order valence-electron chi connectivity index (χ0n) is 11.0. The lowest BCUT2D eigenvalue weighted by molar-refractivity contribution is 0.0421. The van der Waals surface area contributed by atoms with Gasteiger partial charge in [0.25, 0.3) is 0 Å². The van der Waals surface area contributed by atoms with Crippen molar-refractivity contribution in [2.45, 2.75) is 44.2 Å². The largest absolute Gasteiger partial charge is 0.380 e. The summed E-state index contributed by atoms with van der Waals surface area (Å²) in [5, 5.41) is 4.43. The molecule has 0 aromatic heterocycles. The van der Waals surface area contributed by atoms with Crippen LogP contribution in [0.3, 0.4) is 0 Å². The summed E-state index contributed by atoms with van der Waals surface area (Å²) in [6, 6.07) is 8.62. The van der Waals surface area contributed by atoms with E-state index in [1.54, 1.807) is 0 Å². The van der Waals surface area contributed by atoms with Gasteiger partial charge in [0.2, 0.25) is 0 Å². The topological polar surface area (TPSA) is 21.3 Å². The van der Waals surface area contributed by atoms with Crippen molar-refractivity contribution in [3.05, 3.63) is 34.9 Å². The molecule has 1 aromatic rings. The van der Waals surface area contributed by atoms with Crippen LogP contribution >= 0.6 is 11.6 Å². The summed E-state index contributed by atoms with van der Waals surface area (Å²) in [5.41, 5.74) is 1.33. The van der Waals surface area contributed by atoms with Crippen molar-refractivity contribution in [3.63, 3.8) is 0 Å². The minimum absolute atomic E-state index is 0.393. The molecular weight excluding hydrogens is 246 g/mol. The Labute approximate surface area is 115 Å². The predicted octanol–water partition coefficient (Wildman–Crippen LogP) is 3.43. The van der Waals surface area contributed by atoms with Crippen molar-refractivity contribution >= 4 is 11.6 Å². The first-order valence-electron chi connectivity index (χ1n) is 6.80. The summed E-state index contributed by atoms with van der Waals surface area (Å²) in [5.74, 6) is 0. The highest BCUT2D eigenvalue weighted by molar-refractivity contribution is 6.30. The average molecular weight is 268 g/mol. The molecule has 1 aliphatic rings. The van der Waals surface area contributed by atoms with Crippen LogP contribution in [0.15, 0.2) is 24.3 Å². The number of benzene rings is 1. The summed E-state index contributed by atoms with van der Waals surface area (Å²) in [6.07, 6.45) is 6.48. The molecule has 0 bridgehead atoms. The Bertz CT molecular complexity index is 352. The molecule has 1 N–H and O–H groups in total. The van der Waals surface area contributed by atoms with Gasteiger partial charge in [-0.1, -0.05) is 36.6 Å². The average Bonchev–Trinajstić information content (AvgIpc) is 2.41. The molecule has 100 valence electrons. The monoisotopic (exact) mass is 267 g/mol. The Balaban J connectivity index is 1.75. The van der Waals surface area contributed by atoms with Crippen LogP contribution in [0.2, 0.25) is 5.02 Å². The highest BCUT2D eigenvalue weighted by Crippen LogP contribution is 2.20. The van der Waals surface area contributed by atoms with Crippen molar-refractivity contribution in [3.8, 4) is 0 Å². The number of hydrogen-bond acceptors (Lipinski definition) is 2. The minimum atomic E-state index is 0.393. The van der Waals surface area contributed by atoms with Crippen LogP contribution in [0, 0.1) is 0 Å². The summed E-state index contributed by atoms with van der Waals surface area (Å²) >= 11 is 5.87. The number of nitrogens with one attached hydrogen (secondary N) is 1. The van der Waals surface area contributed by atoms with Gasteiger partial charge in [-0.3, -0.25) is 0 Å². The normalized spacial score (nSPS) is 24.1. The summed E-state index contributed by atoms with van der Waals surface area (Å²) in [4.78, 5) is 0. The second-order valence-electron chi connectivity index (χ2n) is 5.00. The van der Waals surface area contributed by atoms with Crippen LogP contribution in [-0.4, -0.2) is 25.8 Å². The Morgan fingerprint density at radius 1 is 1.22 bits per heavy atom. The van der Waals surface area contributed by atoms with E-state index in [4.69, 9.17) is 16.3 Å². The number of methoxy groups -OCH3 is 1. The Morgan fingerprint density at radius 3 is 2.67 bits per heavy atom. The Hall–Kier alpha value is -0.570. The number of rotatable bonds is 5. The third-order valence-electron chi connectivity index (χ3n) is 3.74. The molecule has 3 heteroatoms. The van der Waals surface area contributed by atoms with E-state index in [1.165, 1.54) is 31.2 Å². The fraction of sp³-hybridized carbons (Fsp3) is 0.600. The zero-order chi connectivity index (χ0) is 12.8. The molecule has 2 nitrogen and oxygen atoms in total. The molecule has 0 spiro atoms. The lowest BCUT2D eigenvalue weighted by atomic mass is 9.92. The number of hydrogen-bond donors (Lipinski definition) is 1. The van der Waals surface area contributed by atoms with Gasteiger partial charge in [-0.25, -0.2) is 0 Å². The third-order valence-corrected chi connectivity index (χ3v) is 3.99. The maximum atomic E-state index is 5.87. The SMILES string of the molecule is CO[C@@H]1CCCC[C@@H]1NCCc1ccc(Cl)cc1. The lowest BCUT2D eigenvalue weighted by Crippen LogP contribution is -2.43. The Morgan fingerprint density at radius 2 is 1.94 bits per heavy atom. The summed E-state index contributed by atoms with van der Waals surface area (Å²) in [7, 11) is 1.82. The van der Waals surface area contributed by atoms with Crippen LogP contribution < -0.4 is 5.32 Å². The minimum Gasteiger partial charge on any atom is -0.380 e. The molecule has 0 amide bonds. The van der Waals surface area contributed by atoms with Gasteiger partial charge in [0, 0.05) is 18.2 Å². The van der Waals surface area contributed by atoms with E-state index in [0.717, 1.165) is 18.0 Å². The van der Waals surface area contributed by atoms with Crippen molar-refractivity contribution in [2.24, 2.45) is 0 Å². The second kappa shape index (κ2) is 7.13. The standard InChI is InChI=1S/C15H22ClNO/c1-18-15-5-3-2-4-14(15)17-11-10-12-6-8-13(16)9-7-12/h6-9,14-15,17H,2-5,10-11H2,1H3/t14-,15+/m0/s1. The molecule has 1 aliphatic carbocycles. The van der Waals surface area contributed by atoms with Crippen molar-refractivity contribution in [2.75, 3.05) is 13.7 Å². The first-order chi connectivity index (χ1) is 8.79. The van der Waals surface area contributed by atoms with E-state index in [9.17, 15) is 0 Å². The van der Waals surface area contributed by atoms with Gasteiger partial charge < -0.3 is 10.1 Å². The summed E-state index contributed by atoms with van der Waals surface area (Å²) < 4.78 is 5.54. The first-order valence-corrected chi connectivity index (χ1v) is 7.18. The van der Waals surface area contributed by atoms with Crippen LogP contribution in [-0.2, 0) is 11.2 Å². The molecule has 18 heavy (non-hydrogen) atoms. The smallest absolute Gasteiger partial charge is 0.0724 e. The van der Waals surface area contributed by atoms with E-state index in [-0.39, 0.29) is 0 Å². The van der Waals surface area contributed by atoms with E-state index >= 15 is 0 Å². The maximum absolute atomic E-state index is 5.87. The van der Waals surface area contributed by atoms with E-state index in [2.05, 4.69) is 17.4 Å². The van der Waals surface area contributed by atoms with Gasteiger partial charge in [0.15, 0.2) is 0 Å². The molecule has 0 radical (unpaired) electrons. The molecule has 1 aromatic carbocycles. The number of halogens is 1. The molecule has 0 aliphatic heterocycles. The lowest BCUT2D eigenvalue weighted by Gasteiger charge is -2.31. The Kier molecular flexibility index (Phi) is 5.48. The van der Waals surface area contributed by atoms with Gasteiger partial charge in [-0.2, -0.15) is 0 Å². The molecule has 0 heterocycles. The van der Waals surface area contributed by atoms with Gasteiger partial charge in [0.05, 0.1) is 6.10 Å². The highest BCUT2D eigenvalue weighted by atomic mass is 35.5. The van der Waals surface area contributed by atoms with Gasteiger partial charge in [0.1, 0.15) is 0 Å². The fourth-order valence-electron chi connectivity index (χ4n) is 2.67. The van der Waals surface area contributed by atoms with Crippen LogP contribution in [0.4, 0.5) is 0 Å². The third kappa shape index (κ3) is 3.98. The highest BCUT2D eigenvalue weighted by Gasteiger charge is 2.23.